The quantitative estimate of drug-likeness (QED) is 0.871. The minimum Gasteiger partial charge on any atom is -0.387 e. The molecule has 0 aliphatic carbocycles. The Labute approximate surface area is 133 Å². The van der Waals surface area contributed by atoms with Crippen molar-refractivity contribution in [1.29, 1.82) is 0 Å². The molecule has 2 unspecified atom stereocenters. The zero-order valence-corrected chi connectivity index (χ0v) is 12.9. The highest BCUT2D eigenvalue weighted by Gasteiger charge is 2.31. The fourth-order valence-electron chi connectivity index (χ4n) is 2.72. The van der Waals surface area contributed by atoms with E-state index in [0.29, 0.717) is 6.04 Å². The van der Waals surface area contributed by atoms with Crippen molar-refractivity contribution in [2.45, 2.75) is 38.1 Å². The van der Waals surface area contributed by atoms with E-state index in [0.717, 1.165) is 31.5 Å². The number of carbonyl (C=O) groups excluding carboxylic acids is 1. The number of rotatable bonds is 5. The summed E-state index contributed by atoms with van der Waals surface area (Å²) < 4.78 is 38.0. The molecule has 0 radical (unpaired) electrons. The van der Waals surface area contributed by atoms with Crippen molar-refractivity contribution in [1.82, 2.24) is 10.2 Å². The van der Waals surface area contributed by atoms with Gasteiger partial charge < -0.3 is 10.4 Å². The van der Waals surface area contributed by atoms with Crippen LogP contribution in [0.4, 0.5) is 13.2 Å². The highest BCUT2D eigenvalue weighted by Crippen LogP contribution is 2.30. The van der Waals surface area contributed by atoms with Crippen LogP contribution in [0.25, 0.3) is 0 Å². The number of halogens is 3. The molecule has 7 heteroatoms. The lowest BCUT2D eigenvalue weighted by Gasteiger charge is -2.21. The Morgan fingerprint density at radius 2 is 2.22 bits per heavy atom. The average Bonchev–Trinajstić information content (AvgIpc) is 2.89. The van der Waals surface area contributed by atoms with Gasteiger partial charge in [-0.2, -0.15) is 13.2 Å². The molecule has 1 heterocycles. The predicted molar refractivity (Wildman–Crippen MR) is 79.7 cm³/mol. The van der Waals surface area contributed by atoms with Crippen molar-refractivity contribution in [3.8, 4) is 0 Å². The summed E-state index contributed by atoms with van der Waals surface area (Å²) in [6, 6.07) is 4.86. The maximum Gasteiger partial charge on any atom is 0.416 e. The van der Waals surface area contributed by atoms with E-state index in [-0.39, 0.29) is 24.6 Å². The van der Waals surface area contributed by atoms with E-state index in [1.165, 1.54) is 12.1 Å². The Balaban J connectivity index is 1.87. The van der Waals surface area contributed by atoms with E-state index in [9.17, 15) is 23.1 Å². The molecule has 1 saturated heterocycles. The standard InChI is InChI=1S/C16H21F3N2O2/c1-11-4-3-7-21(11)10-15(23)20-9-14(22)12-5-2-6-13(8-12)16(17,18)19/h2,5-6,8,11,14,22H,3-4,7,9-10H2,1H3,(H,20,23). The summed E-state index contributed by atoms with van der Waals surface area (Å²) in [5.41, 5.74) is -0.680. The fraction of sp³-hybridized carbons (Fsp3) is 0.562. The van der Waals surface area contributed by atoms with Crippen LogP contribution >= 0.6 is 0 Å². The molecule has 1 fully saturated rings. The molecular formula is C16H21F3N2O2. The summed E-state index contributed by atoms with van der Waals surface area (Å²) in [5, 5.41) is 12.6. The first kappa shape index (κ1) is 17.7. The number of alkyl halides is 3. The summed E-state index contributed by atoms with van der Waals surface area (Å²) in [6.45, 7) is 3.06. The maximum absolute atomic E-state index is 12.7. The van der Waals surface area contributed by atoms with Gasteiger partial charge in [-0.05, 0) is 44.0 Å². The highest BCUT2D eigenvalue weighted by molar-refractivity contribution is 5.78. The first-order chi connectivity index (χ1) is 10.8. The van der Waals surface area contributed by atoms with Gasteiger partial charge in [0.25, 0.3) is 0 Å². The van der Waals surface area contributed by atoms with Gasteiger partial charge in [-0.3, -0.25) is 9.69 Å². The van der Waals surface area contributed by atoms with Crippen LogP contribution < -0.4 is 5.32 Å². The predicted octanol–water partition coefficient (Wildman–Crippen LogP) is 2.34. The summed E-state index contributed by atoms with van der Waals surface area (Å²) in [7, 11) is 0. The van der Waals surface area contributed by atoms with Crippen molar-refractivity contribution >= 4 is 5.91 Å². The van der Waals surface area contributed by atoms with Gasteiger partial charge in [0.05, 0.1) is 18.2 Å². The van der Waals surface area contributed by atoms with Crippen LogP contribution in [-0.4, -0.2) is 41.6 Å². The van der Waals surface area contributed by atoms with Crippen LogP contribution in [0.15, 0.2) is 24.3 Å². The first-order valence-corrected chi connectivity index (χ1v) is 7.63. The van der Waals surface area contributed by atoms with Gasteiger partial charge in [0.2, 0.25) is 5.91 Å². The molecule has 1 amide bonds. The molecule has 0 bridgehead atoms. The molecular weight excluding hydrogens is 309 g/mol. The molecule has 1 aromatic rings. The minimum atomic E-state index is -4.45. The Bertz CT molecular complexity index is 548. The second kappa shape index (κ2) is 7.31. The van der Waals surface area contributed by atoms with E-state index in [1.54, 1.807) is 0 Å². The van der Waals surface area contributed by atoms with Gasteiger partial charge >= 0.3 is 6.18 Å². The van der Waals surface area contributed by atoms with Gasteiger partial charge in [-0.1, -0.05) is 12.1 Å². The number of aliphatic hydroxyl groups excluding tert-OH is 1. The number of aliphatic hydroxyl groups is 1. The highest BCUT2D eigenvalue weighted by atomic mass is 19.4. The lowest BCUT2D eigenvalue weighted by molar-refractivity contribution is -0.137. The van der Waals surface area contributed by atoms with Crippen molar-refractivity contribution in [3.63, 3.8) is 0 Å². The van der Waals surface area contributed by atoms with Crippen LogP contribution in [0.3, 0.4) is 0 Å². The number of hydrogen-bond donors (Lipinski definition) is 2. The minimum absolute atomic E-state index is 0.109. The average molecular weight is 330 g/mol. The van der Waals surface area contributed by atoms with Crippen molar-refractivity contribution < 1.29 is 23.1 Å². The second-order valence-electron chi connectivity index (χ2n) is 5.90. The zero-order valence-electron chi connectivity index (χ0n) is 12.9. The van der Waals surface area contributed by atoms with Crippen LogP contribution in [0.1, 0.15) is 37.0 Å². The van der Waals surface area contributed by atoms with Gasteiger partial charge in [-0.25, -0.2) is 0 Å². The van der Waals surface area contributed by atoms with Crippen LogP contribution in [-0.2, 0) is 11.0 Å². The molecule has 2 rings (SSSR count). The monoisotopic (exact) mass is 330 g/mol. The van der Waals surface area contributed by atoms with E-state index in [1.807, 2.05) is 4.90 Å². The molecule has 1 aliphatic heterocycles. The zero-order chi connectivity index (χ0) is 17.0. The first-order valence-electron chi connectivity index (χ1n) is 7.63. The third-order valence-electron chi connectivity index (χ3n) is 4.13. The lowest BCUT2D eigenvalue weighted by atomic mass is 10.1. The van der Waals surface area contributed by atoms with Crippen molar-refractivity contribution in [3.05, 3.63) is 35.4 Å². The molecule has 1 aromatic carbocycles. The molecule has 23 heavy (non-hydrogen) atoms. The van der Waals surface area contributed by atoms with Gasteiger partial charge in [0.1, 0.15) is 0 Å². The summed E-state index contributed by atoms with van der Waals surface area (Å²) >= 11 is 0. The van der Waals surface area contributed by atoms with Gasteiger partial charge in [0.15, 0.2) is 0 Å². The SMILES string of the molecule is CC1CCCN1CC(=O)NCC(O)c1cccc(C(F)(F)F)c1. The van der Waals surface area contributed by atoms with Crippen molar-refractivity contribution in [2.75, 3.05) is 19.6 Å². The molecule has 2 N–H and O–H groups in total. The normalized spacial score (nSPS) is 20.5. The Hall–Kier alpha value is -1.60. The topological polar surface area (TPSA) is 52.6 Å². The Morgan fingerprint density at radius 3 is 2.83 bits per heavy atom. The van der Waals surface area contributed by atoms with Crippen LogP contribution in [0.5, 0.6) is 0 Å². The molecule has 128 valence electrons. The van der Waals surface area contributed by atoms with E-state index in [2.05, 4.69) is 12.2 Å². The summed E-state index contributed by atoms with van der Waals surface area (Å²) in [6.07, 6.45) is -3.51. The molecule has 2 atom stereocenters. The van der Waals surface area contributed by atoms with Crippen LogP contribution in [0.2, 0.25) is 0 Å². The maximum atomic E-state index is 12.7. The number of amides is 1. The summed E-state index contributed by atoms with van der Waals surface area (Å²) in [4.78, 5) is 13.9. The molecule has 0 aromatic heterocycles. The number of nitrogens with zero attached hydrogens (tertiary/aromatic N) is 1. The Kier molecular flexibility index (Phi) is 5.64. The number of hydrogen-bond acceptors (Lipinski definition) is 3. The van der Waals surface area contributed by atoms with Crippen LogP contribution in [0, 0.1) is 0 Å². The second-order valence-corrected chi connectivity index (χ2v) is 5.90. The Morgan fingerprint density at radius 1 is 1.48 bits per heavy atom. The van der Waals surface area contributed by atoms with E-state index >= 15 is 0 Å². The number of nitrogens with one attached hydrogen (secondary N) is 1. The summed E-state index contributed by atoms with van der Waals surface area (Å²) in [5.74, 6) is -0.232. The molecule has 0 spiro atoms. The van der Waals surface area contributed by atoms with E-state index in [4.69, 9.17) is 0 Å². The molecule has 0 saturated carbocycles. The fourth-order valence-corrected chi connectivity index (χ4v) is 2.72. The van der Waals surface area contributed by atoms with E-state index < -0.39 is 17.8 Å². The third-order valence-corrected chi connectivity index (χ3v) is 4.13. The van der Waals surface area contributed by atoms with Gasteiger partial charge in [-0.15, -0.1) is 0 Å². The number of likely N-dealkylation sites (tertiary alicyclic amines) is 1. The largest absolute Gasteiger partial charge is 0.416 e. The lowest BCUT2D eigenvalue weighted by Crippen LogP contribution is -2.40. The number of benzene rings is 1. The van der Waals surface area contributed by atoms with Crippen molar-refractivity contribution in [2.24, 2.45) is 0 Å². The molecule has 1 aliphatic rings. The smallest absolute Gasteiger partial charge is 0.387 e. The third kappa shape index (κ3) is 4.94. The molecule has 4 nitrogen and oxygen atoms in total. The number of carbonyl (C=O) groups is 1. The van der Waals surface area contributed by atoms with Gasteiger partial charge in [0, 0.05) is 12.6 Å².